The van der Waals surface area contributed by atoms with Crippen molar-refractivity contribution in [2.75, 3.05) is 7.05 Å². The van der Waals surface area contributed by atoms with Gasteiger partial charge in [0, 0.05) is 13.3 Å². The van der Waals surface area contributed by atoms with Gasteiger partial charge in [0.05, 0.1) is 0 Å². The van der Waals surface area contributed by atoms with Gasteiger partial charge in [-0.15, -0.1) is 0 Å². The average molecular weight is 111 g/mol. The molecule has 46 valence electrons. The number of hydrogen-bond donors (Lipinski definition) is 0. The van der Waals surface area contributed by atoms with E-state index in [-0.39, 0.29) is 0 Å². The van der Waals surface area contributed by atoms with Crippen LogP contribution in [0.4, 0.5) is 0 Å². The summed E-state index contributed by atoms with van der Waals surface area (Å²) in [6.07, 6.45) is 4.96. The highest BCUT2D eigenvalue weighted by atomic mass is 14.6. The van der Waals surface area contributed by atoms with E-state index in [0.717, 1.165) is 6.42 Å². The van der Waals surface area contributed by atoms with Crippen molar-refractivity contribution in [3.05, 3.63) is 11.6 Å². The normalized spacial score (nSPS) is 13.1. The molecule has 0 rings (SSSR count). The Morgan fingerprint density at radius 2 is 2.25 bits per heavy atom. The fourth-order valence-corrected chi connectivity index (χ4v) is 0.320. The molecule has 1 heteroatoms. The number of hydrogen-bond acceptors (Lipinski definition) is 1. The molecule has 0 amide bonds. The zero-order chi connectivity index (χ0) is 6.41. The first-order valence-electron chi connectivity index (χ1n) is 2.89. The van der Waals surface area contributed by atoms with E-state index in [2.05, 4.69) is 18.8 Å². The lowest BCUT2D eigenvalue weighted by molar-refractivity contribution is 1.10. The van der Waals surface area contributed by atoms with Crippen LogP contribution >= 0.6 is 0 Å². The largest absolute Gasteiger partial charge is 0.297 e. The molecule has 0 saturated carbocycles. The number of aliphatic imine (C=N–C) groups is 1. The molecular formula is C7H13N. The van der Waals surface area contributed by atoms with E-state index in [1.165, 1.54) is 5.57 Å². The Morgan fingerprint density at radius 1 is 1.62 bits per heavy atom. The van der Waals surface area contributed by atoms with Gasteiger partial charge >= 0.3 is 0 Å². The Hall–Kier alpha value is -0.590. The third kappa shape index (κ3) is 3.59. The van der Waals surface area contributed by atoms with E-state index in [4.69, 9.17) is 0 Å². The van der Waals surface area contributed by atoms with Gasteiger partial charge < -0.3 is 0 Å². The van der Waals surface area contributed by atoms with Gasteiger partial charge in [-0.25, -0.2) is 0 Å². The van der Waals surface area contributed by atoms with Gasteiger partial charge in [0.2, 0.25) is 0 Å². The van der Waals surface area contributed by atoms with Gasteiger partial charge in [-0.1, -0.05) is 12.5 Å². The van der Waals surface area contributed by atoms with Gasteiger partial charge in [-0.2, -0.15) is 0 Å². The molecule has 0 atom stereocenters. The van der Waals surface area contributed by atoms with Crippen molar-refractivity contribution in [3.8, 4) is 0 Å². The maximum Gasteiger partial charge on any atom is 0.0277 e. The number of allylic oxidation sites excluding steroid dienone is 2. The quantitative estimate of drug-likeness (QED) is 0.483. The van der Waals surface area contributed by atoms with Gasteiger partial charge in [0.25, 0.3) is 0 Å². The van der Waals surface area contributed by atoms with Crippen LogP contribution in [0, 0.1) is 0 Å². The Kier molecular flexibility index (Phi) is 4.23. The Labute approximate surface area is 51.1 Å². The molecule has 0 aromatic rings. The van der Waals surface area contributed by atoms with Gasteiger partial charge in [0.15, 0.2) is 0 Å². The highest BCUT2D eigenvalue weighted by Gasteiger charge is 1.76. The fraction of sp³-hybridized carbons (Fsp3) is 0.571. The molecule has 0 spiro atoms. The molecule has 0 aliphatic heterocycles. The minimum Gasteiger partial charge on any atom is -0.297 e. The van der Waals surface area contributed by atoms with Crippen LogP contribution < -0.4 is 0 Å². The zero-order valence-electron chi connectivity index (χ0n) is 5.81. The Bertz CT molecular complexity index is 101. The molecule has 0 saturated heterocycles. The Morgan fingerprint density at radius 3 is 2.62 bits per heavy atom. The first-order chi connectivity index (χ1) is 3.81. The van der Waals surface area contributed by atoms with Crippen molar-refractivity contribution in [1.82, 2.24) is 0 Å². The first kappa shape index (κ1) is 7.41. The van der Waals surface area contributed by atoms with E-state index in [0.29, 0.717) is 0 Å². The Balaban J connectivity index is 3.57. The van der Waals surface area contributed by atoms with Crippen LogP contribution in [-0.4, -0.2) is 13.3 Å². The summed E-state index contributed by atoms with van der Waals surface area (Å²) >= 11 is 0. The molecule has 1 nitrogen and oxygen atoms in total. The molecular weight excluding hydrogens is 98.1 g/mol. The maximum absolute atomic E-state index is 3.82. The fourth-order valence-electron chi connectivity index (χ4n) is 0.320. The zero-order valence-corrected chi connectivity index (χ0v) is 5.81. The van der Waals surface area contributed by atoms with Crippen molar-refractivity contribution in [2.24, 2.45) is 4.99 Å². The monoisotopic (exact) mass is 111 g/mol. The smallest absolute Gasteiger partial charge is 0.0277 e. The predicted octanol–water partition coefficient (Wildman–Crippen LogP) is 2.04. The second-order valence-corrected chi connectivity index (χ2v) is 1.77. The van der Waals surface area contributed by atoms with Crippen LogP contribution in [0.2, 0.25) is 0 Å². The minimum atomic E-state index is 1.12. The molecule has 0 radical (unpaired) electrons. The molecule has 0 aliphatic carbocycles. The second-order valence-electron chi connectivity index (χ2n) is 1.77. The lowest BCUT2D eigenvalue weighted by Crippen LogP contribution is -1.71. The van der Waals surface area contributed by atoms with Gasteiger partial charge in [-0.05, 0) is 19.4 Å². The van der Waals surface area contributed by atoms with Crippen LogP contribution in [0.15, 0.2) is 16.6 Å². The molecule has 0 fully saturated rings. The van der Waals surface area contributed by atoms with E-state index < -0.39 is 0 Å². The van der Waals surface area contributed by atoms with Crippen LogP contribution in [0.5, 0.6) is 0 Å². The summed E-state index contributed by atoms with van der Waals surface area (Å²) in [5, 5.41) is 0. The molecule has 0 heterocycles. The van der Waals surface area contributed by atoms with Crippen LogP contribution in [0.3, 0.4) is 0 Å². The van der Waals surface area contributed by atoms with Crippen molar-refractivity contribution >= 4 is 6.21 Å². The second kappa shape index (κ2) is 4.57. The molecule has 0 aromatic heterocycles. The topological polar surface area (TPSA) is 12.4 Å². The van der Waals surface area contributed by atoms with Crippen LogP contribution in [0.25, 0.3) is 0 Å². The van der Waals surface area contributed by atoms with Crippen LogP contribution in [-0.2, 0) is 0 Å². The molecule has 0 unspecified atom stereocenters. The molecule has 0 aliphatic rings. The SMILES string of the molecule is CCC(C)=CC=NC. The summed E-state index contributed by atoms with van der Waals surface area (Å²) in [6, 6.07) is 0. The summed E-state index contributed by atoms with van der Waals surface area (Å²) in [7, 11) is 1.78. The third-order valence-corrected chi connectivity index (χ3v) is 1.07. The maximum atomic E-state index is 3.82. The van der Waals surface area contributed by atoms with E-state index in [1.807, 2.05) is 12.3 Å². The number of rotatable bonds is 2. The molecule has 0 N–H and O–H groups in total. The van der Waals surface area contributed by atoms with E-state index in [9.17, 15) is 0 Å². The van der Waals surface area contributed by atoms with E-state index in [1.54, 1.807) is 7.05 Å². The standard InChI is InChI=1S/C7H13N/c1-4-7(2)5-6-8-3/h5-6H,4H2,1-3H3. The summed E-state index contributed by atoms with van der Waals surface area (Å²) in [4.78, 5) is 3.82. The summed E-state index contributed by atoms with van der Waals surface area (Å²) in [5.74, 6) is 0. The highest BCUT2D eigenvalue weighted by Crippen LogP contribution is 1.94. The van der Waals surface area contributed by atoms with Crippen molar-refractivity contribution in [1.29, 1.82) is 0 Å². The predicted molar refractivity (Wildman–Crippen MR) is 38.5 cm³/mol. The van der Waals surface area contributed by atoms with Crippen molar-refractivity contribution < 1.29 is 0 Å². The summed E-state index contributed by atoms with van der Waals surface area (Å²) in [5.41, 5.74) is 1.37. The van der Waals surface area contributed by atoms with Crippen molar-refractivity contribution in [3.63, 3.8) is 0 Å². The first-order valence-corrected chi connectivity index (χ1v) is 2.89. The lowest BCUT2D eigenvalue weighted by atomic mass is 10.2. The molecule has 0 bridgehead atoms. The van der Waals surface area contributed by atoms with E-state index >= 15 is 0 Å². The highest BCUT2D eigenvalue weighted by molar-refractivity contribution is 5.71. The minimum absolute atomic E-state index is 1.12. The summed E-state index contributed by atoms with van der Waals surface area (Å²) in [6.45, 7) is 4.23. The van der Waals surface area contributed by atoms with Gasteiger partial charge in [-0.3, -0.25) is 4.99 Å². The van der Waals surface area contributed by atoms with Crippen molar-refractivity contribution in [2.45, 2.75) is 20.3 Å². The van der Waals surface area contributed by atoms with Gasteiger partial charge in [0.1, 0.15) is 0 Å². The lowest BCUT2D eigenvalue weighted by Gasteiger charge is -1.86. The molecule has 8 heavy (non-hydrogen) atoms. The summed E-state index contributed by atoms with van der Waals surface area (Å²) < 4.78 is 0. The average Bonchev–Trinajstić information content (AvgIpc) is 1.83. The third-order valence-electron chi connectivity index (χ3n) is 1.07. The van der Waals surface area contributed by atoms with Crippen LogP contribution in [0.1, 0.15) is 20.3 Å². The molecule has 0 aromatic carbocycles. The number of nitrogens with zero attached hydrogens (tertiary/aromatic N) is 1.